The van der Waals surface area contributed by atoms with E-state index in [1.807, 2.05) is 12.3 Å². The SMILES string of the molecule is Cc1cc(N2CCCCc3ncccc32)cc(C)c1NC(O)CC(C)(C)C. The molecule has 27 heavy (non-hydrogen) atoms. The van der Waals surface area contributed by atoms with Crippen molar-refractivity contribution in [3.05, 3.63) is 47.3 Å². The van der Waals surface area contributed by atoms with Gasteiger partial charge in [0.05, 0.1) is 11.4 Å². The van der Waals surface area contributed by atoms with Crippen LogP contribution in [0.4, 0.5) is 17.1 Å². The van der Waals surface area contributed by atoms with Gasteiger partial charge < -0.3 is 15.3 Å². The molecule has 1 aliphatic heterocycles. The number of aryl methyl sites for hydroxylation is 3. The predicted molar refractivity (Wildman–Crippen MR) is 114 cm³/mol. The molecule has 0 saturated carbocycles. The van der Waals surface area contributed by atoms with Gasteiger partial charge in [-0.05, 0) is 80.3 Å². The van der Waals surface area contributed by atoms with Crippen molar-refractivity contribution in [3.63, 3.8) is 0 Å². The molecule has 1 aromatic carbocycles. The monoisotopic (exact) mass is 367 g/mol. The number of aliphatic hydroxyl groups excluding tert-OH is 1. The van der Waals surface area contributed by atoms with Crippen LogP contribution >= 0.6 is 0 Å². The van der Waals surface area contributed by atoms with Crippen LogP contribution in [0.3, 0.4) is 0 Å². The molecule has 0 saturated heterocycles. The van der Waals surface area contributed by atoms with Crippen molar-refractivity contribution >= 4 is 17.1 Å². The van der Waals surface area contributed by atoms with Crippen LogP contribution in [0.25, 0.3) is 0 Å². The summed E-state index contributed by atoms with van der Waals surface area (Å²) < 4.78 is 0. The molecule has 1 unspecified atom stereocenters. The van der Waals surface area contributed by atoms with Crippen molar-refractivity contribution in [2.45, 2.75) is 66.5 Å². The number of rotatable bonds is 4. The maximum atomic E-state index is 10.4. The highest BCUT2D eigenvalue weighted by atomic mass is 16.3. The number of aliphatic hydroxyl groups is 1. The van der Waals surface area contributed by atoms with E-state index in [1.54, 1.807) is 0 Å². The largest absolute Gasteiger partial charge is 0.374 e. The van der Waals surface area contributed by atoms with Gasteiger partial charge in [0.1, 0.15) is 6.23 Å². The van der Waals surface area contributed by atoms with E-state index < -0.39 is 6.23 Å². The molecule has 3 rings (SSSR count). The quantitative estimate of drug-likeness (QED) is 0.716. The standard InChI is InChI=1S/C23H33N3O/c1-16-13-18(14-17(2)22(16)25-21(27)15-23(3,4)5)26-12-7-6-9-19-20(26)10-8-11-24-19/h8,10-11,13-14,21,25,27H,6-7,9,12,15H2,1-5H3. The molecule has 0 aliphatic carbocycles. The van der Waals surface area contributed by atoms with Gasteiger partial charge in [0.2, 0.25) is 0 Å². The van der Waals surface area contributed by atoms with E-state index >= 15 is 0 Å². The first-order valence-corrected chi connectivity index (χ1v) is 10.0. The Morgan fingerprint density at radius 3 is 2.56 bits per heavy atom. The Morgan fingerprint density at radius 1 is 1.19 bits per heavy atom. The van der Waals surface area contributed by atoms with Gasteiger partial charge in [-0.3, -0.25) is 4.98 Å². The molecule has 0 bridgehead atoms. The zero-order chi connectivity index (χ0) is 19.6. The number of fused-ring (bicyclic) bond motifs is 1. The van der Waals surface area contributed by atoms with E-state index in [1.165, 1.54) is 29.9 Å². The van der Waals surface area contributed by atoms with Crippen LogP contribution in [0.15, 0.2) is 30.5 Å². The van der Waals surface area contributed by atoms with Gasteiger partial charge in [-0.1, -0.05) is 20.8 Å². The molecular weight excluding hydrogens is 334 g/mol. The molecule has 1 aromatic heterocycles. The summed E-state index contributed by atoms with van der Waals surface area (Å²) in [7, 11) is 0. The molecule has 2 aromatic rings. The topological polar surface area (TPSA) is 48.4 Å². The summed E-state index contributed by atoms with van der Waals surface area (Å²) in [5.41, 5.74) is 7.06. The van der Waals surface area contributed by atoms with E-state index in [-0.39, 0.29) is 5.41 Å². The zero-order valence-corrected chi connectivity index (χ0v) is 17.3. The minimum Gasteiger partial charge on any atom is -0.374 e. The third kappa shape index (κ3) is 4.81. The van der Waals surface area contributed by atoms with E-state index in [2.05, 4.69) is 68.0 Å². The van der Waals surface area contributed by atoms with Crippen LogP contribution in [0.2, 0.25) is 0 Å². The Labute approximate surface area is 163 Å². The van der Waals surface area contributed by atoms with Crippen LogP contribution in [0.1, 0.15) is 56.9 Å². The zero-order valence-electron chi connectivity index (χ0n) is 17.3. The Kier molecular flexibility index (Phi) is 5.75. The van der Waals surface area contributed by atoms with Gasteiger partial charge in [0, 0.05) is 24.1 Å². The van der Waals surface area contributed by atoms with Gasteiger partial charge >= 0.3 is 0 Å². The summed E-state index contributed by atoms with van der Waals surface area (Å²) in [5.74, 6) is 0. The number of nitrogens with one attached hydrogen (secondary N) is 1. The van der Waals surface area contributed by atoms with Crippen molar-refractivity contribution in [2.75, 3.05) is 16.8 Å². The lowest BCUT2D eigenvalue weighted by atomic mass is 9.91. The normalized spacial score (nSPS) is 15.9. The number of anilines is 3. The Morgan fingerprint density at radius 2 is 1.89 bits per heavy atom. The van der Waals surface area contributed by atoms with Crippen LogP contribution in [-0.4, -0.2) is 22.9 Å². The van der Waals surface area contributed by atoms with Crippen molar-refractivity contribution < 1.29 is 5.11 Å². The third-order valence-corrected chi connectivity index (χ3v) is 5.15. The number of hydrogen-bond donors (Lipinski definition) is 2. The highest BCUT2D eigenvalue weighted by molar-refractivity contribution is 5.71. The molecule has 4 heteroatoms. The smallest absolute Gasteiger partial charge is 0.124 e. The first kappa shape index (κ1) is 19.7. The molecule has 2 heterocycles. The molecule has 0 radical (unpaired) electrons. The summed E-state index contributed by atoms with van der Waals surface area (Å²) >= 11 is 0. The van der Waals surface area contributed by atoms with E-state index in [9.17, 15) is 5.11 Å². The van der Waals surface area contributed by atoms with Crippen molar-refractivity contribution in [1.29, 1.82) is 0 Å². The maximum absolute atomic E-state index is 10.4. The van der Waals surface area contributed by atoms with Crippen molar-refractivity contribution in [1.82, 2.24) is 4.98 Å². The molecule has 0 spiro atoms. The number of hydrogen-bond acceptors (Lipinski definition) is 4. The van der Waals surface area contributed by atoms with E-state index in [0.717, 1.165) is 29.8 Å². The highest BCUT2D eigenvalue weighted by Crippen LogP contribution is 2.35. The van der Waals surface area contributed by atoms with Crippen LogP contribution in [-0.2, 0) is 6.42 Å². The van der Waals surface area contributed by atoms with Gasteiger partial charge in [0.25, 0.3) is 0 Å². The summed E-state index contributed by atoms with van der Waals surface area (Å²) in [6.45, 7) is 11.7. The van der Waals surface area contributed by atoms with E-state index in [0.29, 0.717) is 6.42 Å². The maximum Gasteiger partial charge on any atom is 0.124 e. The first-order valence-electron chi connectivity index (χ1n) is 10.0. The van der Waals surface area contributed by atoms with E-state index in [4.69, 9.17) is 0 Å². The molecule has 4 nitrogen and oxygen atoms in total. The van der Waals surface area contributed by atoms with Crippen molar-refractivity contribution in [3.8, 4) is 0 Å². The van der Waals surface area contributed by atoms with Gasteiger partial charge in [-0.15, -0.1) is 0 Å². The number of aromatic nitrogens is 1. The fourth-order valence-electron chi connectivity index (χ4n) is 3.94. The second-order valence-electron chi connectivity index (χ2n) is 8.96. The van der Waals surface area contributed by atoms with Crippen molar-refractivity contribution in [2.24, 2.45) is 5.41 Å². The number of benzene rings is 1. The molecular formula is C23H33N3O. The lowest BCUT2D eigenvalue weighted by Gasteiger charge is -2.28. The second-order valence-corrected chi connectivity index (χ2v) is 8.96. The first-order chi connectivity index (χ1) is 12.7. The number of pyridine rings is 1. The van der Waals surface area contributed by atoms with Crippen LogP contribution in [0, 0.1) is 19.3 Å². The average molecular weight is 368 g/mol. The molecule has 2 N–H and O–H groups in total. The molecule has 0 fully saturated rings. The lowest BCUT2D eigenvalue weighted by molar-refractivity contribution is 0.145. The Hall–Kier alpha value is -2.07. The van der Waals surface area contributed by atoms with Gasteiger partial charge in [-0.2, -0.15) is 0 Å². The fraction of sp³-hybridized carbons (Fsp3) is 0.522. The minimum absolute atomic E-state index is 0.0803. The molecule has 0 amide bonds. The third-order valence-electron chi connectivity index (χ3n) is 5.15. The lowest BCUT2D eigenvalue weighted by Crippen LogP contribution is -2.26. The molecule has 1 atom stereocenters. The fourth-order valence-corrected chi connectivity index (χ4v) is 3.94. The summed E-state index contributed by atoms with van der Waals surface area (Å²) in [4.78, 5) is 7.00. The second kappa shape index (κ2) is 7.89. The van der Waals surface area contributed by atoms with Crippen LogP contribution < -0.4 is 10.2 Å². The minimum atomic E-state index is -0.545. The predicted octanol–water partition coefficient (Wildman–Crippen LogP) is 5.34. The highest BCUT2D eigenvalue weighted by Gasteiger charge is 2.21. The van der Waals surface area contributed by atoms with Crippen LogP contribution in [0.5, 0.6) is 0 Å². The molecule has 146 valence electrons. The Bertz CT molecular complexity index is 771. The summed E-state index contributed by atoms with van der Waals surface area (Å²) in [6.07, 6.45) is 5.44. The Balaban J connectivity index is 1.89. The average Bonchev–Trinajstić information content (AvgIpc) is 2.79. The van der Waals surface area contributed by atoms with Gasteiger partial charge in [-0.25, -0.2) is 0 Å². The molecule has 1 aliphatic rings. The summed E-state index contributed by atoms with van der Waals surface area (Å²) in [6, 6.07) is 8.65. The number of nitrogens with zero attached hydrogens (tertiary/aromatic N) is 2. The van der Waals surface area contributed by atoms with Gasteiger partial charge in [0.15, 0.2) is 0 Å². The summed E-state index contributed by atoms with van der Waals surface area (Å²) in [5, 5.41) is 13.8.